The van der Waals surface area contributed by atoms with E-state index in [0.29, 0.717) is 6.54 Å². The molecular formula is C11H21N3O3. The maximum Gasteiger partial charge on any atom is 0.249 e. The van der Waals surface area contributed by atoms with E-state index in [1.54, 1.807) is 0 Å². The van der Waals surface area contributed by atoms with E-state index in [9.17, 15) is 9.59 Å². The first-order chi connectivity index (χ1) is 8.13. The Kier molecular flexibility index (Phi) is 5.93. The molecule has 17 heavy (non-hydrogen) atoms. The van der Waals surface area contributed by atoms with E-state index >= 15 is 0 Å². The van der Waals surface area contributed by atoms with Crippen molar-refractivity contribution in [3.63, 3.8) is 0 Å². The van der Waals surface area contributed by atoms with Crippen molar-refractivity contribution >= 4 is 11.8 Å². The van der Waals surface area contributed by atoms with Gasteiger partial charge in [0.1, 0.15) is 6.61 Å². The lowest BCUT2D eigenvalue weighted by molar-refractivity contribution is -0.141. The summed E-state index contributed by atoms with van der Waals surface area (Å²) in [7, 11) is 0. The van der Waals surface area contributed by atoms with Crippen molar-refractivity contribution in [1.29, 1.82) is 0 Å². The van der Waals surface area contributed by atoms with Crippen LogP contribution in [0.1, 0.15) is 19.8 Å². The molecule has 6 heteroatoms. The molecule has 0 aliphatic carbocycles. The Hall–Kier alpha value is -1.14. The summed E-state index contributed by atoms with van der Waals surface area (Å²) in [4.78, 5) is 23.9. The fraction of sp³-hybridized carbons (Fsp3) is 0.818. The normalized spacial score (nSPS) is 16.8. The second-order valence-electron chi connectivity index (χ2n) is 4.13. The van der Waals surface area contributed by atoms with E-state index in [0.717, 1.165) is 25.9 Å². The second-order valence-corrected chi connectivity index (χ2v) is 4.13. The van der Waals surface area contributed by atoms with Gasteiger partial charge in [0.05, 0.1) is 12.6 Å². The van der Waals surface area contributed by atoms with Crippen LogP contribution in [0.5, 0.6) is 0 Å². The molecule has 0 atom stereocenters. The lowest BCUT2D eigenvalue weighted by Gasteiger charge is -2.24. The molecule has 0 unspecified atom stereocenters. The number of likely N-dealkylation sites (N-methyl/N-ethyl adjacent to an activating group) is 1. The van der Waals surface area contributed by atoms with Gasteiger partial charge in [-0.1, -0.05) is 0 Å². The van der Waals surface area contributed by atoms with Crippen molar-refractivity contribution in [2.24, 2.45) is 5.73 Å². The number of hydrogen-bond acceptors (Lipinski definition) is 4. The van der Waals surface area contributed by atoms with Crippen LogP contribution in [-0.2, 0) is 14.3 Å². The molecule has 0 aromatic rings. The summed E-state index contributed by atoms with van der Waals surface area (Å²) >= 11 is 0. The first-order valence-corrected chi connectivity index (χ1v) is 6.02. The number of amides is 2. The Morgan fingerprint density at radius 1 is 1.41 bits per heavy atom. The molecule has 1 heterocycles. The van der Waals surface area contributed by atoms with Crippen molar-refractivity contribution in [2.75, 3.05) is 32.8 Å². The maximum atomic E-state index is 11.7. The predicted molar refractivity (Wildman–Crippen MR) is 63.3 cm³/mol. The summed E-state index contributed by atoms with van der Waals surface area (Å²) in [5.41, 5.74) is 5.06. The topological polar surface area (TPSA) is 84.7 Å². The second kappa shape index (κ2) is 7.24. The van der Waals surface area contributed by atoms with Gasteiger partial charge in [-0.2, -0.15) is 0 Å². The Labute approximate surface area is 101 Å². The summed E-state index contributed by atoms with van der Waals surface area (Å²) in [6.07, 6.45) is 2.00. The number of piperidine rings is 1. The van der Waals surface area contributed by atoms with Gasteiger partial charge in [0.15, 0.2) is 0 Å². The average molecular weight is 243 g/mol. The van der Waals surface area contributed by atoms with Crippen LogP contribution in [0.25, 0.3) is 0 Å². The molecule has 1 aliphatic rings. The van der Waals surface area contributed by atoms with E-state index in [1.807, 2.05) is 6.92 Å². The molecule has 0 aromatic heterocycles. The largest absolute Gasteiger partial charge is 0.368 e. The molecule has 0 saturated carbocycles. The molecule has 0 bridgehead atoms. The molecule has 1 aliphatic heterocycles. The molecule has 1 rings (SSSR count). The summed E-state index contributed by atoms with van der Waals surface area (Å²) in [6, 6.07) is 0. The minimum absolute atomic E-state index is 0.0335. The van der Waals surface area contributed by atoms with E-state index < -0.39 is 5.91 Å². The highest BCUT2D eigenvalue weighted by atomic mass is 16.5. The van der Waals surface area contributed by atoms with Gasteiger partial charge in [-0.3, -0.25) is 9.59 Å². The van der Waals surface area contributed by atoms with E-state index in [-0.39, 0.29) is 25.2 Å². The third-order valence-electron chi connectivity index (χ3n) is 2.81. The summed E-state index contributed by atoms with van der Waals surface area (Å²) in [5.74, 6) is -0.674. The van der Waals surface area contributed by atoms with Crippen LogP contribution >= 0.6 is 0 Å². The molecule has 1 saturated heterocycles. The number of nitrogens with one attached hydrogen (secondary N) is 1. The van der Waals surface area contributed by atoms with Crippen molar-refractivity contribution in [2.45, 2.75) is 25.9 Å². The number of primary amides is 1. The molecule has 0 aromatic carbocycles. The zero-order valence-corrected chi connectivity index (χ0v) is 10.3. The van der Waals surface area contributed by atoms with Gasteiger partial charge in [-0.15, -0.1) is 0 Å². The Balaban J connectivity index is 2.28. The Morgan fingerprint density at radius 2 is 2.06 bits per heavy atom. The highest BCUT2D eigenvalue weighted by Crippen LogP contribution is 2.07. The summed E-state index contributed by atoms with van der Waals surface area (Å²) in [5, 5.41) is 3.23. The minimum Gasteiger partial charge on any atom is -0.368 e. The molecular weight excluding hydrogens is 222 g/mol. The number of rotatable bonds is 6. The number of carbonyl (C=O) groups excluding carboxylic acids is 2. The summed E-state index contributed by atoms with van der Waals surface area (Å²) < 4.78 is 5.53. The number of ether oxygens (including phenoxy) is 1. The molecule has 0 spiro atoms. The van der Waals surface area contributed by atoms with E-state index in [1.165, 1.54) is 4.90 Å². The number of hydrogen-bond donors (Lipinski definition) is 2. The number of nitrogens with zero attached hydrogens (tertiary/aromatic N) is 1. The first kappa shape index (κ1) is 13.9. The zero-order chi connectivity index (χ0) is 12.7. The van der Waals surface area contributed by atoms with E-state index in [4.69, 9.17) is 10.5 Å². The SMILES string of the molecule is CCN(CC(N)=O)C(=O)COC1CCNCC1. The van der Waals surface area contributed by atoms with Gasteiger partial charge in [-0.25, -0.2) is 0 Å². The minimum atomic E-state index is -0.498. The number of nitrogens with two attached hydrogens (primary N) is 1. The van der Waals surface area contributed by atoms with Crippen LogP contribution in [-0.4, -0.2) is 55.6 Å². The van der Waals surface area contributed by atoms with Crippen LogP contribution < -0.4 is 11.1 Å². The Morgan fingerprint density at radius 3 is 2.59 bits per heavy atom. The lowest BCUT2D eigenvalue weighted by Crippen LogP contribution is -2.41. The summed E-state index contributed by atoms with van der Waals surface area (Å²) in [6.45, 7) is 4.13. The van der Waals surface area contributed by atoms with Crippen LogP contribution in [0.3, 0.4) is 0 Å². The fourth-order valence-electron chi connectivity index (χ4n) is 1.81. The lowest BCUT2D eigenvalue weighted by atomic mass is 10.1. The molecule has 2 amide bonds. The van der Waals surface area contributed by atoms with Gasteiger partial charge < -0.3 is 20.7 Å². The number of carbonyl (C=O) groups is 2. The molecule has 3 N–H and O–H groups in total. The third-order valence-corrected chi connectivity index (χ3v) is 2.81. The predicted octanol–water partition coefficient (Wildman–Crippen LogP) is -0.911. The van der Waals surface area contributed by atoms with Crippen LogP contribution in [0.15, 0.2) is 0 Å². The van der Waals surface area contributed by atoms with Gasteiger partial charge >= 0.3 is 0 Å². The van der Waals surface area contributed by atoms with Gasteiger partial charge in [-0.05, 0) is 32.9 Å². The third kappa shape index (κ3) is 5.14. The van der Waals surface area contributed by atoms with E-state index in [2.05, 4.69) is 5.32 Å². The monoisotopic (exact) mass is 243 g/mol. The van der Waals surface area contributed by atoms with Crippen molar-refractivity contribution in [1.82, 2.24) is 10.2 Å². The van der Waals surface area contributed by atoms with Crippen molar-refractivity contribution in [3.05, 3.63) is 0 Å². The van der Waals surface area contributed by atoms with Crippen LogP contribution in [0, 0.1) is 0 Å². The highest BCUT2D eigenvalue weighted by Gasteiger charge is 2.18. The quantitative estimate of drug-likeness (QED) is 0.632. The molecule has 1 fully saturated rings. The van der Waals surface area contributed by atoms with Crippen molar-refractivity contribution in [3.8, 4) is 0 Å². The van der Waals surface area contributed by atoms with Crippen LogP contribution in [0.4, 0.5) is 0 Å². The van der Waals surface area contributed by atoms with Gasteiger partial charge in [0, 0.05) is 6.54 Å². The Bertz CT molecular complexity index is 265. The first-order valence-electron chi connectivity index (χ1n) is 6.02. The molecule has 0 radical (unpaired) electrons. The van der Waals surface area contributed by atoms with Crippen LogP contribution in [0.2, 0.25) is 0 Å². The standard InChI is InChI=1S/C11H21N3O3/c1-2-14(7-10(12)15)11(16)8-17-9-3-5-13-6-4-9/h9,13H,2-8H2,1H3,(H2,12,15). The zero-order valence-electron chi connectivity index (χ0n) is 10.3. The van der Waals surface area contributed by atoms with Gasteiger partial charge in [0.25, 0.3) is 0 Å². The fourth-order valence-corrected chi connectivity index (χ4v) is 1.81. The highest BCUT2D eigenvalue weighted by molar-refractivity contribution is 5.84. The average Bonchev–Trinajstić information content (AvgIpc) is 2.34. The molecule has 6 nitrogen and oxygen atoms in total. The molecule has 98 valence electrons. The van der Waals surface area contributed by atoms with Crippen molar-refractivity contribution < 1.29 is 14.3 Å². The maximum absolute atomic E-state index is 11.7. The smallest absolute Gasteiger partial charge is 0.249 e. The van der Waals surface area contributed by atoms with Gasteiger partial charge in [0.2, 0.25) is 11.8 Å².